The SMILES string of the molecule is CC(F)(F)c1nnc(Nc2cnc(C#N)cn2)cc1NCC1CNCCO1. The van der Waals surface area contributed by atoms with Crippen LogP contribution >= 0.6 is 0 Å². The zero-order valence-electron chi connectivity index (χ0n) is 14.5. The third-order valence-electron chi connectivity index (χ3n) is 3.76. The Morgan fingerprint density at radius 2 is 2.19 bits per heavy atom. The van der Waals surface area contributed by atoms with Crippen LogP contribution in [0.25, 0.3) is 0 Å². The van der Waals surface area contributed by atoms with Gasteiger partial charge in [0.05, 0.1) is 30.8 Å². The molecule has 9 nitrogen and oxygen atoms in total. The summed E-state index contributed by atoms with van der Waals surface area (Å²) in [6.45, 7) is 3.08. The van der Waals surface area contributed by atoms with Gasteiger partial charge < -0.3 is 20.7 Å². The maximum atomic E-state index is 13.9. The van der Waals surface area contributed by atoms with Gasteiger partial charge in [-0.05, 0) is 0 Å². The molecule has 1 fully saturated rings. The third-order valence-corrected chi connectivity index (χ3v) is 3.76. The maximum absolute atomic E-state index is 13.9. The first kappa shape index (κ1) is 18.8. The summed E-state index contributed by atoms with van der Waals surface area (Å²) in [5.74, 6) is -2.63. The minimum absolute atomic E-state index is 0.133. The molecule has 3 heterocycles. The summed E-state index contributed by atoms with van der Waals surface area (Å²) in [5.41, 5.74) is -0.144. The zero-order chi connectivity index (χ0) is 19.3. The second kappa shape index (κ2) is 8.15. The fourth-order valence-corrected chi connectivity index (χ4v) is 2.47. The highest BCUT2D eigenvalue weighted by molar-refractivity contribution is 5.60. The molecule has 1 aliphatic rings. The molecule has 0 aromatic carbocycles. The Labute approximate surface area is 154 Å². The molecule has 1 unspecified atom stereocenters. The van der Waals surface area contributed by atoms with Gasteiger partial charge >= 0.3 is 0 Å². The Balaban J connectivity index is 1.77. The van der Waals surface area contributed by atoms with E-state index in [1.54, 1.807) is 0 Å². The van der Waals surface area contributed by atoms with E-state index in [1.807, 2.05) is 6.07 Å². The van der Waals surface area contributed by atoms with Crippen molar-refractivity contribution in [3.05, 3.63) is 29.8 Å². The second-order valence-electron chi connectivity index (χ2n) is 5.98. The highest BCUT2D eigenvalue weighted by atomic mass is 19.3. The summed E-state index contributed by atoms with van der Waals surface area (Å²) in [4.78, 5) is 7.88. The zero-order valence-corrected chi connectivity index (χ0v) is 14.5. The van der Waals surface area contributed by atoms with Crippen molar-refractivity contribution in [2.75, 3.05) is 36.9 Å². The number of ether oxygens (including phenoxy) is 1. The summed E-state index contributed by atoms with van der Waals surface area (Å²) >= 11 is 0. The number of hydrogen-bond donors (Lipinski definition) is 3. The van der Waals surface area contributed by atoms with Crippen molar-refractivity contribution >= 4 is 17.3 Å². The van der Waals surface area contributed by atoms with E-state index in [-0.39, 0.29) is 23.3 Å². The molecule has 3 N–H and O–H groups in total. The lowest BCUT2D eigenvalue weighted by Crippen LogP contribution is -2.42. The van der Waals surface area contributed by atoms with Gasteiger partial charge in [-0.1, -0.05) is 0 Å². The van der Waals surface area contributed by atoms with Crippen LogP contribution in [0.2, 0.25) is 0 Å². The Kier molecular flexibility index (Phi) is 5.68. The van der Waals surface area contributed by atoms with Crippen molar-refractivity contribution in [3.8, 4) is 6.07 Å². The summed E-state index contributed by atoms with van der Waals surface area (Å²) in [7, 11) is 0. The first-order valence-corrected chi connectivity index (χ1v) is 8.27. The standard InChI is InChI=1S/C16H18F2N8O/c1-16(17,18)15-12(22-8-11-7-20-2-3-27-11)4-13(25-26-15)24-14-9-21-10(5-19)6-23-14/h4,6,9,11,20H,2-3,7-8H2,1H3,(H2,22,23,24,25). The van der Waals surface area contributed by atoms with E-state index in [2.05, 4.69) is 36.1 Å². The van der Waals surface area contributed by atoms with Gasteiger partial charge in [0.1, 0.15) is 11.9 Å². The van der Waals surface area contributed by atoms with Crippen molar-refractivity contribution < 1.29 is 13.5 Å². The first-order valence-electron chi connectivity index (χ1n) is 8.27. The highest BCUT2D eigenvalue weighted by Crippen LogP contribution is 2.32. The van der Waals surface area contributed by atoms with Crippen LogP contribution in [0.5, 0.6) is 0 Å². The van der Waals surface area contributed by atoms with Crippen LogP contribution in [0.15, 0.2) is 18.5 Å². The van der Waals surface area contributed by atoms with Gasteiger partial charge in [0, 0.05) is 32.6 Å². The van der Waals surface area contributed by atoms with Crippen LogP contribution in [0.4, 0.5) is 26.1 Å². The largest absolute Gasteiger partial charge is 0.381 e. The van der Waals surface area contributed by atoms with Gasteiger partial charge in [0.15, 0.2) is 17.2 Å². The molecule has 0 aliphatic carbocycles. The molecular formula is C16H18F2N8O. The Hall–Kier alpha value is -2.97. The van der Waals surface area contributed by atoms with Gasteiger partial charge in [-0.3, -0.25) is 0 Å². The molecule has 2 aromatic heterocycles. The number of alkyl halides is 2. The summed E-state index contributed by atoms with van der Waals surface area (Å²) in [6, 6.07) is 3.29. The molecule has 0 radical (unpaired) electrons. The number of nitrogens with one attached hydrogen (secondary N) is 3. The van der Waals surface area contributed by atoms with Crippen molar-refractivity contribution in [1.29, 1.82) is 5.26 Å². The van der Waals surface area contributed by atoms with Gasteiger partial charge in [0.2, 0.25) is 0 Å². The molecule has 27 heavy (non-hydrogen) atoms. The summed E-state index contributed by atoms with van der Waals surface area (Å²) in [5, 5.41) is 25.2. The number of halogens is 2. The molecule has 1 aliphatic heterocycles. The van der Waals surface area contributed by atoms with Crippen molar-refractivity contribution in [2.24, 2.45) is 0 Å². The van der Waals surface area contributed by atoms with Crippen LogP contribution in [0.1, 0.15) is 18.3 Å². The molecule has 0 saturated carbocycles. The van der Waals surface area contributed by atoms with Crippen LogP contribution in [0.3, 0.4) is 0 Å². The fourth-order valence-electron chi connectivity index (χ4n) is 2.47. The van der Waals surface area contributed by atoms with Crippen LogP contribution in [0, 0.1) is 11.3 Å². The molecule has 0 spiro atoms. The fraction of sp³-hybridized carbons (Fsp3) is 0.438. The normalized spacial score (nSPS) is 17.2. The lowest BCUT2D eigenvalue weighted by atomic mass is 10.2. The number of nitrogens with zero attached hydrogens (tertiary/aromatic N) is 5. The number of nitriles is 1. The lowest BCUT2D eigenvalue weighted by molar-refractivity contribution is 0.0123. The van der Waals surface area contributed by atoms with E-state index in [9.17, 15) is 8.78 Å². The second-order valence-corrected chi connectivity index (χ2v) is 5.98. The molecular weight excluding hydrogens is 358 g/mol. The van der Waals surface area contributed by atoms with Crippen LogP contribution in [-0.4, -0.2) is 52.5 Å². The van der Waals surface area contributed by atoms with E-state index >= 15 is 0 Å². The highest BCUT2D eigenvalue weighted by Gasteiger charge is 2.31. The van der Waals surface area contributed by atoms with Crippen molar-refractivity contribution in [2.45, 2.75) is 19.0 Å². The molecule has 0 amide bonds. The predicted molar refractivity (Wildman–Crippen MR) is 92.7 cm³/mol. The lowest BCUT2D eigenvalue weighted by Gasteiger charge is -2.25. The van der Waals surface area contributed by atoms with Crippen LogP contribution in [-0.2, 0) is 10.7 Å². The smallest absolute Gasteiger partial charge is 0.290 e. The monoisotopic (exact) mass is 376 g/mol. The van der Waals surface area contributed by atoms with Gasteiger partial charge in [0.25, 0.3) is 5.92 Å². The van der Waals surface area contributed by atoms with E-state index in [1.165, 1.54) is 18.5 Å². The quantitative estimate of drug-likeness (QED) is 0.687. The average molecular weight is 376 g/mol. The van der Waals surface area contributed by atoms with E-state index in [0.29, 0.717) is 25.5 Å². The van der Waals surface area contributed by atoms with E-state index < -0.39 is 11.6 Å². The predicted octanol–water partition coefficient (Wildman–Crippen LogP) is 1.39. The van der Waals surface area contributed by atoms with Gasteiger partial charge in [-0.15, -0.1) is 10.2 Å². The number of morpholine rings is 1. The summed E-state index contributed by atoms with van der Waals surface area (Å²) < 4.78 is 33.3. The average Bonchev–Trinajstić information content (AvgIpc) is 2.67. The molecule has 2 aromatic rings. The first-order chi connectivity index (χ1) is 13.0. The third kappa shape index (κ3) is 5.02. The summed E-state index contributed by atoms with van der Waals surface area (Å²) in [6.07, 6.45) is 2.50. The molecule has 1 saturated heterocycles. The molecule has 3 rings (SSSR count). The molecule has 11 heteroatoms. The number of anilines is 3. The molecule has 142 valence electrons. The van der Waals surface area contributed by atoms with Crippen molar-refractivity contribution in [3.63, 3.8) is 0 Å². The van der Waals surface area contributed by atoms with Crippen molar-refractivity contribution in [1.82, 2.24) is 25.5 Å². The van der Waals surface area contributed by atoms with Gasteiger partial charge in [-0.2, -0.15) is 14.0 Å². The molecule has 1 atom stereocenters. The minimum Gasteiger partial charge on any atom is -0.381 e. The van der Waals surface area contributed by atoms with Gasteiger partial charge in [-0.25, -0.2) is 9.97 Å². The van der Waals surface area contributed by atoms with Crippen LogP contribution < -0.4 is 16.0 Å². The molecule has 0 bridgehead atoms. The Morgan fingerprint density at radius 1 is 1.33 bits per heavy atom. The number of aromatic nitrogens is 4. The maximum Gasteiger partial charge on any atom is 0.290 e. The number of rotatable bonds is 6. The van der Waals surface area contributed by atoms with E-state index in [0.717, 1.165) is 13.5 Å². The topological polar surface area (TPSA) is 121 Å². The minimum atomic E-state index is -3.16. The van der Waals surface area contributed by atoms with E-state index in [4.69, 9.17) is 10.00 Å². The Bertz CT molecular complexity index is 813. The number of hydrogen-bond acceptors (Lipinski definition) is 9. The Morgan fingerprint density at radius 3 is 2.81 bits per heavy atom.